The topological polar surface area (TPSA) is 65.8 Å². The molecule has 0 bridgehead atoms. The van der Waals surface area contributed by atoms with Gasteiger partial charge in [0, 0.05) is 28.8 Å². The lowest BCUT2D eigenvalue weighted by atomic mass is 10.0. The lowest BCUT2D eigenvalue weighted by molar-refractivity contribution is 0.230. The predicted octanol–water partition coefficient (Wildman–Crippen LogP) is 6.95. The Morgan fingerprint density at radius 1 is 1.17 bits per heavy atom. The van der Waals surface area contributed by atoms with Crippen molar-refractivity contribution >= 4 is 19.9 Å². The Morgan fingerprint density at radius 2 is 1.97 bits per heavy atom. The SMILES string of the molecule is CCc1cccc(Cl)c1COc1ccc2c(c1)OC[C@@H](NCc1cc(O[Si](C)(C)C(C)(C)C)no1)C2. The quantitative estimate of drug-likeness (QED) is 0.303. The minimum absolute atomic E-state index is 0.106. The van der Waals surface area contributed by atoms with Crippen LogP contribution in [0.25, 0.3) is 0 Å². The summed E-state index contributed by atoms with van der Waals surface area (Å²) in [5.41, 5.74) is 3.39. The van der Waals surface area contributed by atoms with Crippen LogP contribution >= 0.6 is 11.6 Å². The zero-order chi connectivity index (χ0) is 25.9. The van der Waals surface area contributed by atoms with E-state index in [1.165, 1.54) is 5.56 Å². The molecule has 4 rings (SSSR count). The van der Waals surface area contributed by atoms with Gasteiger partial charge in [0.1, 0.15) is 24.7 Å². The van der Waals surface area contributed by atoms with Gasteiger partial charge in [-0.3, -0.25) is 0 Å². The number of aryl methyl sites for hydroxylation is 1. The van der Waals surface area contributed by atoms with Gasteiger partial charge in [-0.05, 0) is 59.4 Å². The van der Waals surface area contributed by atoms with Crippen molar-refractivity contribution in [3.05, 3.63) is 69.9 Å². The van der Waals surface area contributed by atoms with Gasteiger partial charge in [0.05, 0.1) is 6.54 Å². The largest absolute Gasteiger partial charge is 0.528 e. The normalized spacial score (nSPS) is 15.8. The van der Waals surface area contributed by atoms with E-state index in [1.807, 2.05) is 30.3 Å². The molecular formula is C28H37ClN2O4Si. The first kappa shape index (κ1) is 26.6. The molecule has 36 heavy (non-hydrogen) atoms. The molecule has 6 nitrogen and oxygen atoms in total. The molecule has 1 N–H and O–H groups in total. The van der Waals surface area contributed by atoms with Crippen LogP contribution < -0.4 is 19.2 Å². The molecule has 0 aliphatic carbocycles. The summed E-state index contributed by atoms with van der Waals surface area (Å²) in [6, 6.07) is 14.1. The van der Waals surface area contributed by atoms with E-state index >= 15 is 0 Å². The maximum Gasteiger partial charge on any atom is 0.252 e. The number of fused-ring (bicyclic) bond motifs is 1. The smallest absolute Gasteiger partial charge is 0.252 e. The van der Waals surface area contributed by atoms with Gasteiger partial charge in [0.2, 0.25) is 5.88 Å². The van der Waals surface area contributed by atoms with E-state index in [-0.39, 0.29) is 11.1 Å². The van der Waals surface area contributed by atoms with Gasteiger partial charge < -0.3 is 23.7 Å². The molecule has 0 unspecified atom stereocenters. The number of hydrogen-bond acceptors (Lipinski definition) is 6. The second-order valence-electron chi connectivity index (χ2n) is 10.9. The fourth-order valence-corrected chi connectivity index (χ4v) is 5.08. The fourth-order valence-electron chi connectivity index (χ4n) is 3.91. The summed E-state index contributed by atoms with van der Waals surface area (Å²) >= 11 is 6.40. The first-order chi connectivity index (χ1) is 17.1. The van der Waals surface area contributed by atoms with E-state index in [4.69, 9.17) is 30.0 Å². The number of hydrogen-bond donors (Lipinski definition) is 1. The Hall–Kier alpha value is -2.48. The first-order valence-corrected chi connectivity index (χ1v) is 15.9. The van der Waals surface area contributed by atoms with Gasteiger partial charge in [-0.15, -0.1) is 0 Å². The standard InChI is InChI=1S/C28H37ClN2O4Si/c1-7-19-9-8-10-25(29)24(19)18-32-22-12-11-20-13-21(17-33-26(20)14-22)30-16-23-15-27(31-34-23)35-36(5,6)28(2,3)4/h8-12,14-15,21,30H,7,13,16-18H2,1-6H3/t21-/m0/s1. The van der Waals surface area contributed by atoms with E-state index < -0.39 is 8.32 Å². The third-order valence-electron chi connectivity index (χ3n) is 7.19. The lowest BCUT2D eigenvalue weighted by Gasteiger charge is -2.35. The van der Waals surface area contributed by atoms with Crippen molar-refractivity contribution in [1.82, 2.24) is 10.5 Å². The minimum atomic E-state index is -1.94. The number of ether oxygens (including phenoxy) is 2. The van der Waals surface area contributed by atoms with Crippen LogP contribution in [0.1, 0.15) is 50.1 Å². The monoisotopic (exact) mass is 528 g/mol. The number of nitrogens with one attached hydrogen (secondary N) is 1. The van der Waals surface area contributed by atoms with Crippen LogP contribution in [0, 0.1) is 0 Å². The van der Waals surface area contributed by atoms with Crippen LogP contribution in [-0.4, -0.2) is 26.1 Å². The van der Waals surface area contributed by atoms with Crippen LogP contribution in [0.5, 0.6) is 17.4 Å². The van der Waals surface area contributed by atoms with Gasteiger partial charge in [0.15, 0.2) is 5.76 Å². The Morgan fingerprint density at radius 3 is 2.72 bits per heavy atom. The molecule has 1 atom stereocenters. The zero-order valence-electron chi connectivity index (χ0n) is 22.1. The van der Waals surface area contributed by atoms with Crippen molar-refractivity contribution in [2.45, 2.75) is 77.9 Å². The summed E-state index contributed by atoms with van der Waals surface area (Å²) in [6.07, 6.45) is 1.78. The first-order valence-electron chi connectivity index (χ1n) is 12.6. The average molecular weight is 529 g/mol. The third kappa shape index (κ3) is 6.25. The molecule has 2 aromatic carbocycles. The molecule has 1 aliphatic rings. The molecule has 0 amide bonds. The summed E-state index contributed by atoms with van der Waals surface area (Å²) in [5.74, 6) is 2.96. The van der Waals surface area contributed by atoms with Crippen LogP contribution in [0.2, 0.25) is 23.2 Å². The molecule has 0 fully saturated rings. The van der Waals surface area contributed by atoms with Gasteiger partial charge >= 0.3 is 0 Å². The van der Waals surface area contributed by atoms with Gasteiger partial charge in [-0.1, -0.05) is 57.5 Å². The summed E-state index contributed by atoms with van der Waals surface area (Å²) in [7, 11) is -1.94. The van der Waals surface area contributed by atoms with Crippen LogP contribution in [0.4, 0.5) is 0 Å². The lowest BCUT2D eigenvalue weighted by Crippen LogP contribution is -2.43. The van der Waals surface area contributed by atoms with Crippen LogP contribution in [0.3, 0.4) is 0 Å². The number of aromatic nitrogens is 1. The summed E-state index contributed by atoms with van der Waals surface area (Å²) < 4.78 is 23.9. The highest BCUT2D eigenvalue weighted by molar-refractivity contribution is 6.74. The molecule has 8 heteroatoms. The molecule has 1 aliphatic heterocycles. The van der Waals surface area contributed by atoms with E-state index in [0.29, 0.717) is 25.6 Å². The molecule has 194 valence electrons. The van der Waals surface area contributed by atoms with Gasteiger partial charge in [0.25, 0.3) is 8.32 Å². The Kier molecular flexibility index (Phi) is 8.02. The highest BCUT2D eigenvalue weighted by Gasteiger charge is 2.39. The molecule has 1 aromatic heterocycles. The van der Waals surface area contributed by atoms with Crippen LogP contribution in [-0.2, 0) is 26.0 Å². The maximum absolute atomic E-state index is 6.40. The fraction of sp³-hybridized carbons (Fsp3) is 0.464. The van der Waals surface area contributed by atoms with Crippen LogP contribution in [0.15, 0.2) is 47.0 Å². The summed E-state index contributed by atoms with van der Waals surface area (Å²) in [6.45, 7) is 14.7. The van der Waals surface area contributed by atoms with E-state index in [9.17, 15) is 0 Å². The predicted molar refractivity (Wildman–Crippen MR) is 146 cm³/mol. The van der Waals surface area contributed by atoms with Gasteiger partial charge in [-0.25, -0.2) is 0 Å². The van der Waals surface area contributed by atoms with Crippen molar-refractivity contribution in [1.29, 1.82) is 0 Å². The van der Waals surface area contributed by atoms with Crippen molar-refractivity contribution < 1.29 is 18.4 Å². The van der Waals surface area contributed by atoms with Crippen molar-refractivity contribution in [3.63, 3.8) is 0 Å². The second-order valence-corrected chi connectivity index (χ2v) is 16.0. The van der Waals surface area contributed by atoms with Crippen molar-refractivity contribution in [2.75, 3.05) is 6.61 Å². The Labute approximate surface area is 220 Å². The molecule has 0 radical (unpaired) electrons. The summed E-state index contributed by atoms with van der Waals surface area (Å²) in [4.78, 5) is 0. The van der Waals surface area contributed by atoms with E-state index in [1.54, 1.807) is 0 Å². The number of benzene rings is 2. The second kappa shape index (κ2) is 10.9. The molecule has 0 spiro atoms. The number of rotatable bonds is 9. The Bertz CT molecular complexity index is 1190. The molecule has 0 saturated carbocycles. The maximum atomic E-state index is 6.40. The highest BCUT2D eigenvalue weighted by Crippen LogP contribution is 2.37. The number of halogens is 1. The van der Waals surface area contributed by atoms with Gasteiger partial charge in [-0.2, -0.15) is 0 Å². The third-order valence-corrected chi connectivity index (χ3v) is 11.9. The zero-order valence-corrected chi connectivity index (χ0v) is 23.9. The molecule has 2 heterocycles. The molecule has 3 aromatic rings. The average Bonchev–Trinajstić information content (AvgIpc) is 3.27. The molecule has 0 saturated heterocycles. The highest BCUT2D eigenvalue weighted by atomic mass is 35.5. The van der Waals surface area contributed by atoms with Crippen molar-refractivity contribution in [3.8, 4) is 17.4 Å². The number of nitrogens with zero attached hydrogens (tertiary/aromatic N) is 1. The van der Waals surface area contributed by atoms with Crippen molar-refractivity contribution in [2.24, 2.45) is 0 Å². The molecular weight excluding hydrogens is 492 g/mol. The minimum Gasteiger partial charge on any atom is -0.528 e. The van der Waals surface area contributed by atoms with E-state index in [2.05, 4.69) is 63.4 Å². The van der Waals surface area contributed by atoms with E-state index in [0.717, 1.165) is 46.3 Å². The Balaban J connectivity index is 1.30. The summed E-state index contributed by atoms with van der Waals surface area (Å²) in [5, 5.41) is 8.49.